The maximum Gasteiger partial charge on any atom is 0.122 e. The molecule has 0 heterocycles. The summed E-state index contributed by atoms with van der Waals surface area (Å²) in [6.45, 7) is 8.70. The predicted molar refractivity (Wildman–Crippen MR) is 57.1 cm³/mol. The van der Waals surface area contributed by atoms with Gasteiger partial charge in [-0.2, -0.15) is 0 Å². The lowest BCUT2D eigenvalue weighted by Gasteiger charge is -2.09. The molecule has 0 aliphatic heterocycles. The van der Waals surface area contributed by atoms with Crippen LogP contribution in [0, 0.1) is 6.92 Å². The molecule has 0 aliphatic rings. The molecule has 0 amide bonds. The number of rotatable bonds is 4. The molecule has 0 aliphatic carbocycles. The molecule has 1 nitrogen and oxygen atoms in total. The first-order valence-corrected chi connectivity index (χ1v) is 4.64. The van der Waals surface area contributed by atoms with Gasteiger partial charge in [0.15, 0.2) is 0 Å². The molecule has 13 heavy (non-hydrogen) atoms. The quantitative estimate of drug-likeness (QED) is 0.683. The van der Waals surface area contributed by atoms with Gasteiger partial charge in [-0.15, -0.1) is 0 Å². The fourth-order valence-corrected chi connectivity index (χ4v) is 1.22. The third-order valence-electron chi connectivity index (χ3n) is 2.01. The second kappa shape index (κ2) is 4.70. The summed E-state index contributed by atoms with van der Waals surface area (Å²) in [6, 6.07) is 6.04. The van der Waals surface area contributed by atoms with E-state index in [1.807, 2.05) is 24.3 Å². The second-order valence-electron chi connectivity index (χ2n) is 3.02. The Kier molecular flexibility index (Phi) is 3.56. The number of benzene rings is 1. The largest absolute Gasteiger partial charge is 0.493 e. The highest BCUT2D eigenvalue weighted by atomic mass is 16.5. The van der Waals surface area contributed by atoms with E-state index < -0.39 is 0 Å². The Morgan fingerprint density at radius 1 is 1.46 bits per heavy atom. The van der Waals surface area contributed by atoms with Crippen LogP contribution in [0.2, 0.25) is 0 Å². The van der Waals surface area contributed by atoms with Crippen LogP contribution in [0.15, 0.2) is 24.8 Å². The molecule has 1 heteroatoms. The highest BCUT2D eigenvalue weighted by Crippen LogP contribution is 2.21. The molecule has 0 fully saturated rings. The van der Waals surface area contributed by atoms with Crippen molar-refractivity contribution in [3.8, 4) is 5.75 Å². The molecular weight excluding hydrogens is 160 g/mol. The van der Waals surface area contributed by atoms with Gasteiger partial charge in [0.05, 0.1) is 6.61 Å². The van der Waals surface area contributed by atoms with E-state index in [1.54, 1.807) is 0 Å². The van der Waals surface area contributed by atoms with Gasteiger partial charge < -0.3 is 4.74 Å². The Labute approximate surface area is 80.0 Å². The maximum absolute atomic E-state index is 5.58. The van der Waals surface area contributed by atoms with Gasteiger partial charge in [0.2, 0.25) is 0 Å². The SMILES string of the molecule is C=Cc1cccc(OCCC)c1C. The number of hydrogen-bond donors (Lipinski definition) is 0. The van der Waals surface area contributed by atoms with Crippen LogP contribution in [-0.2, 0) is 0 Å². The van der Waals surface area contributed by atoms with E-state index in [9.17, 15) is 0 Å². The molecule has 0 N–H and O–H groups in total. The van der Waals surface area contributed by atoms with Gasteiger partial charge in [0, 0.05) is 0 Å². The van der Waals surface area contributed by atoms with Crippen molar-refractivity contribution in [3.63, 3.8) is 0 Å². The zero-order chi connectivity index (χ0) is 9.68. The Balaban J connectivity index is 2.87. The van der Waals surface area contributed by atoms with Crippen molar-refractivity contribution >= 4 is 6.08 Å². The van der Waals surface area contributed by atoms with Crippen molar-refractivity contribution in [1.82, 2.24) is 0 Å². The van der Waals surface area contributed by atoms with Crippen LogP contribution < -0.4 is 4.74 Å². The predicted octanol–water partition coefficient (Wildman–Crippen LogP) is 3.43. The molecule has 0 radical (unpaired) electrons. The van der Waals surface area contributed by atoms with E-state index in [2.05, 4.69) is 20.4 Å². The first-order valence-electron chi connectivity index (χ1n) is 4.64. The van der Waals surface area contributed by atoms with Gasteiger partial charge in [-0.05, 0) is 30.5 Å². The van der Waals surface area contributed by atoms with Gasteiger partial charge >= 0.3 is 0 Å². The first-order chi connectivity index (χ1) is 6.29. The fourth-order valence-electron chi connectivity index (χ4n) is 1.22. The zero-order valence-electron chi connectivity index (χ0n) is 8.34. The number of ether oxygens (including phenoxy) is 1. The second-order valence-corrected chi connectivity index (χ2v) is 3.02. The van der Waals surface area contributed by atoms with Crippen molar-refractivity contribution in [2.45, 2.75) is 20.3 Å². The van der Waals surface area contributed by atoms with E-state index in [0.717, 1.165) is 24.3 Å². The van der Waals surface area contributed by atoms with Crippen molar-refractivity contribution < 1.29 is 4.74 Å². The molecule has 1 aromatic rings. The van der Waals surface area contributed by atoms with Crippen molar-refractivity contribution in [2.75, 3.05) is 6.61 Å². The van der Waals surface area contributed by atoms with Crippen LogP contribution in [0.1, 0.15) is 24.5 Å². The summed E-state index contributed by atoms with van der Waals surface area (Å²) in [5.41, 5.74) is 2.32. The summed E-state index contributed by atoms with van der Waals surface area (Å²) in [6.07, 6.45) is 2.89. The molecule has 0 atom stereocenters. The van der Waals surface area contributed by atoms with Gasteiger partial charge in [-0.25, -0.2) is 0 Å². The highest BCUT2D eigenvalue weighted by molar-refractivity contribution is 5.55. The molecule has 0 saturated carbocycles. The van der Waals surface area contributed by atoms with E-state index in [1.165, 1.54) is 5.56 Å². The average Bonchev–Trinajstić information content (AvgIpc) is 2.16. The molecule has 0 spiro atoms. The first kappa shape index (κ1) is 9.85. The maximum atomic E-state index is 5.58. The van der Waals surface area contributed by atoms with E-state index >= 15 is 0 Å². The van der Waals surface area contributed by atoms with Crippen LogP contribution >= 0.6 is 0 Å². The summed E-state index contributed by atoms with van der Waals surface area (Å²) in [7, 11) is 0. The lowest BCUT2D eigenvalue weighted by atomic mass is 10.1. The van der Waals surface area contributed by atoms with Crippen LogP contribution in [0.5, 0.6) is 5.75 Å². The Morgan fingerprint density at radius 2 is 2.23 bits per heavy atom. The van der Waals surface area contributed by atoms with Crippen LogP contribution in [-0.4, -0.2) is 6.61 Å². The molecule has 0 saturated heterocycles. The minimum Gasteiger partial charge on any atom is -0.493 e. The topological polar surface area (TPSA) is 9.23 Å². The third-order valence-corrected chi connectivity index (χ3v) is 2.01. The highest BCUT2D eigenvalue weighted by Gasteiger charge is 2.00. The third kappa shape index (κ3) is 2.35. The Bertz CT molecular complexity index is 289. The lowest BCUT2D eigenvalue weighted by Crippen LogP contribution is -1.97. The smallest absolute Gasteiger partial charge is 0.122 e. The van der Waals surface area contributed by atoms with E-state index in [0.29, 0.717) is 0 Å². The van der Waals surface area contributed by atoms with Gasteiger partial charge in [0.1, 0.15) is 5.75 Å². The standard InChI is InChI=1S/C12H16O/c1-4-9-13-12-8-6-7-11(5-2)10(12)3/h5-8H,2,4,9H2,1,3H3. The minimum absolute atomic E-state index is 0.779. The van der Waals surface area contributed by atoms with Crippen LogP contribution in [0.4, 0.5) is 0 Å². The van der Waals surface area contributed by atoms with Gasteiger partial charge in [0.25, 0.3) is 0 Å². The Morgan fingerprint density at radius 3 is 2.85 bits per heavy atom. The van der Waals surface area contributed by atoms with Gasteiger partial charge in [-0.1, -0.05) is 31.7 Å². The molecule has 0 bridgehead atoms. The number of hydrogen-bond acceptors (Lipinski definition) is 1. The van der Waals surface area contributed by atoms with Crippen molar-refractivity contribution in [1.29, 1.82) is 0 Å². The zero-order valence-corrected chi connectivity index (χ0v) is 8.34. The van der Waals surface area contributed by atoms with Crippen LogP contribution in [0.3, 0.4) is 0 Å². The van der Waals surface area contributed by atoms with Crippen molar-refractivity contribution in [3.05, 3.63) is 35.9 Å². The van der Waals surface area contributed by atoms with E-state index in [-0.39, 0.29) is 0 Å². The summed E-state index contributed by atoms with van der Waals surface area (Å²) in [5.74, 6) is 0.972. The summed E-state index contributed by atoms with van der Waals surface area (Å²) in [5, 5.41) is 0. The fraction of sp³-hybridized carbons (Fsp3) is 0.333. The molecule has 0 unspecified atom stereocenters. The molecular formula is C12H16O. The minimum atomic E-state index is 0.779. The monoisotopic (exact) mass is 176 g/mol. The van der Waals surface area contributed by atoms with Crippen LogP contribution in [0.25, 0.3) is 6.08 Å². The van der Waals surface area contributed by atoms with Crippen molar-refractivity contribution in [2.24, 2.45) is 0 Å². The summed E-state index contributed by atoms with van der Waals surface area (Å²) < 4.78 is 5.58. The molecule has 1 aromatic carbocycles. The van der Waals surface area contributed by atoms with Gasteiger partial charge in [-0.3, -0.25) is 0 Å². The summed E-state index contributed by atoms with van der Waals surface area (Å²) >= 11 is 0. The van der Waals surface area contributed by atoms with E-state index in [4.69, 9.17) is 4.74 Å². The molecule has 1 rings (SSSR count). The molecule has 70 valence electrons. The average molecular weight is 176 g/mol. The summed E-state index contributed by atoms with van der Waals surface area (Å²) in [4.78, 5) is 0. The normalized spacial score (nSPS) is 9.69. The Hall–Kier alpha value is -1.24. The molecule has 0 aromatic heterocycles. The lowest BCUT2D eigenvalue weighted by molar-refractivity contribution is 0.315.